The summed E-state index contributed by atoms with van der Waals surface area (Å²) < 4.78 is 5.96. The van der Waals surface area contributed by atoms with Gasteiger partial charge in [0.15, 0.2) is 0 Å². The highest BCUT2D eigenvalue weighted by atomic mass is 16.6. The van der Waals surface area contributed by atoms with Gasteiger partial charge in [0, 0.05) is 11.8 Å². The number of hydrogen-bond acceptors (Lipinski definition) is 2. The molecule has 5 aliphatic rings. The van der Waals surface area contributed by atoms with E-state index in [-0.39, 0.29) is 5.41 Å². The summed E-state index contributed by atoms with van der Waals surface area (Å²) in [6.45, 7) is 4.87. The molecule has 2 nitrogen and oxygen atoms in total. The van der Waals surface area contributed by atoms with Crippen LogP contribution in [0.15, 0.2) is 0 Å². The van der Waals surface area contributed by atoms with Crippen molar-refractivity contribution in [1.82, 2.24) is 0 Å². The van der Waals surface area contributed by atoms with Gasteiger partial charge in [0.2, 0.25) is 0 Å². The Morgan fingerprint density at radius 1 is 0.952 bits per heavy atom. The van der Waals surface area contributed by atoms with Crippen molar-refractivity contribution in [2.75, 3.05) is 0 Å². The maximum absolute atomic E-state index is 12.4. The lowest BCUT2D eigenvalue weighted by molar-refractivity contribution is -0.138. The molecule has 5 fully saturated rings. The Morgan fingerprint density at radius 2 is 1.81 bits per heavy atom. The van der Waals surface area contributed by atoms with Crippen LogP contribution in [0.4, 0.5) is 0 Å². The van der Waals surface area contributed by atoms with Crippen molar-refractivity contribution in [3.63, 3.8) is 0 Å². The van der Waals surface area contributed by atoms with Crippen LogP contribution in [0.1, 0.15) is 65.2 Å². The Kier molecular flexibility index (Phi) is 2.45. The second-order valence-electron chi connectivity index (χ2n) is 9.16. The Balaban J connectivity index is 1.49. The quantitative estimate of drug-likeness (QED) is 0.631. The molecule has 1 heterocycles. The summed E-state index contributed by atoms with van der Waals surface area (Å²) in [5, 5.41) is 0. The standard InChI is InChI=1S/C19H28O2/c1-18-10-8-15-17(21-15)14(18)4-3-11-12-5-6-16(20)19(12,2)9-7-13(11)18/h11-15,17H,3-10H2,1-2H3/t11-,12-,13-,14+,15+,17-,18+,19-/m0/s1. The zero-order chi connectivity index (χ0) is 14.4. The minimum Gasteiger partial charge on any atom is -0.369 e. The molecule has 0 amide bonds. The van der Waals surface area contributed by atoms with Crippen molar-refractivity contribution >= 4 is 5.78 Å². The first kappa shape index (κ1) is 13.1. The number of hydrogen-bond donors (Lipinski definition) is 0. The van der Waals surface area contributed by atoms with E-state index in [1.807, 2.05) is 0 Å². The minimum absolute atomic E-state index is 0.0393. The van der Waals surface area contributed by atoms with Gasteiger partial charge in [-0.25, -0.2) is 0 Å². The number of carbonyl (C=O) groups excluding carboxylic acids is 1. The number of epoxide rings is 1. The van der Waals surface area contributed by atoms with Crippen LogP contribution in [-0.4, -0.2) is 18.0 Å². The number of carbonyl (C=O) groups is 1. The van der Waals surface area contributed by atoms with Crippen LogP contribution in [0.2, 0.25) is 0 Å². The van der Waals surface area contributed by atoms with E-state index >= 15 is 0 Å². The molecule has 21 heavy (non-hydrogen) atoms. The average molecular weight is 288 g/mol. The molecule has 4 saturated carbocycles. The summed E-state index contributed by atoms with van der Waals surface area (Å²) in [7, 11) is 0. The van der Waals surface area contributed by atoms with Crippen LogP contribution in [0, 0.1) is 34.5 Å². The second-order valence-corrected chi connectivity index (χ2v) is 9.16. The van der Waals surface area contributed by atoms with Gasteiger partial charge in [0.1, 0.15) is 5.78 Å². The molecule has 0 aromatic rings. The fraction of sp³-hybridized carbons (Fsp3) is 0.947. The van der Waals surface area contributed by atoms with Crippen LogP contribution in [-0.2, 0) is 9.53 Å². The molecule has 4 aliphatic carbocycles. The number of ketones is 1. The molecule has 0 unspecified atom stereocenters. The molecule has 0 N–H and O–H groups in total. The van der Waals surface area contributed by atoms with Crippen molar-refractivity contribution in [2.45, 2.75) is 77.4 Å². The fourth-order valence-electron chi connectivity index (χ4n) is 7.36. The Morgan fingerprint density at radius 3 is 2.67 bits per heavy atom. The highest BCUT2D eigenvalue weighted by molar-refractivity contribution is 5.87. The molecule has 0 aromatic heterocycles. The maximum Gasteiger partial charge on any atom is 0.139 e. The van der Waals surface area contributed by atoms with Crippen LogP contribution >= 0.6 is 0 Å². The van der Waals surface area contributed by atoms with Gasteiger partial charge in [-0.05, 0) is 74.0 Å². The number of rotatable bonds is 0. The predicted molar refractivity (Wildman–Crippen MR) is 80.8 cm³/mol. The lowest BCUT2D eigenvalue weighted by atomic mass is 9.45. The molecular weight excluding hydrogens is 260 g/mol. The van der Waals surface area contributed by atoms with E-state index in [0.717, 1.165) is 30.6 Å². The van der Waals surface area contributed by atoms with Gasteiger partial charge >= 0.3 is 0 Å². The van der Waals surface area contributed by atoms with Crippen LogP contribution < -0.4 is 0 Å². The summed E-state index contributed by atoms with van der Waals surface area (Å²) in [5.41, 5.74) is 0.547. The highest BCUT2D eigenvalue weighted by Gasteiger charge is 2.64. The monoisotopic (exact) mass is 288 g/mol. The fourth-order valence-corrected chi connectivity index (χ4v) is 7.36. The molecule has 1 aliphatic heterocycles. The zero-order valence-electron chi connectivity index (χ0n) is 13.4. The van der Waals surface area contributed by atoms with Gasteiger partial charge < -0.3 is 4.74 Å². The molecule has 116 valence electrons. The first-order valence-corrected chi connectivity index (χ1v) is 9.23. The normalized spacial score (nSPS) is 61.5. The summed E-state index contributed by atoms with van der Waals surface area (Å²) in [4.78, 5) is 12.4. The minimum atomic E-state index is 0.0393. The van der Waals surface area contributed by atoms with E-state index in [1.165, 1.54) is 38.5 Å². The molecule has 0 aromatic carbocycles. The first-order chi connectivity index (χ1) is 10.0. The molecule has 0 bridgehead atoms. The zero-order valence-corrected chi connectivity index (χ0v) is 13.4. The van der Waals surface area contributed by atoms with Gasteiger partial charge in [-0.2, -0.15) is 0 Å². The average Bonchev–Trinajstić information content (AvgIpc) is 3.18. The van der Waals surface area contributed by atoms with Crippen LogP contribution in [0.5, 0.6) is 0 Å². The Labute approximate surface area is 128 Å². The van der Waals surface area contributed by atoms with Crippen molar-refractivity contribution in [2.24, 2.45) is 34.5 Å². The third-order valence-electron chi connectivity index (χ3n) is 8.64. The van der Waals surface area contributed by atoms with E-state index in [1.54, 1.807) is 0 Å². The van der Waals surface area contributed by atoms with Crippen molar-refractivity contribution in [1.29, 1.82) is 0 Å². The molecule has 0 radical (unpaired) electrons. The summed E-state index contributed by atoms with van der Waals surface area (Å²) in [6, 6.07) is 0. The van der Waals surface area contributed by atoms with E-state index < -0.39 is 0 Å². The SMILES string of the molecule is C[C@]12CC[C@H]3O[C@H]3[C@H]1CC[C@@H]1[C@@H]2CC[C@]2(C)C(=O)CC[C@@H]12. The third-order valence-corrected chi connectivity index (χ3v) is 8.64. The molecule has 1 saturated heterocycles. The smallest absolute Gasteiger partial charge is 0.139 e. The van der Waals surface area contributed by atoms with Crippen molar-refractivity contribution in [3.05, 3.63) is 0 Å². The van der Waals surface area contributed by atoms with Crippen molar-refractivity contribution in [3.8, 4) is 0 Å². The molecule has 8 atom stereocenters. The number of Topliss-reactive ketones (excluding diaryl/α,β-unsaturated/α-hetero) is 1. The van der Waals surface area contributed by atoms with E-state index in [0.29, 0.717) is 29.3 Å². The second kappa shape index (κ2) is 3.93. The molecular formula is C19H28O2. The van der Waals surface area contributed by atoms with Gasteiger partial charge in [0.05, 0.1) is 12.2 Å². The largest absolute Gasteiger partial charge is 0.369 e. The molecule has 5 rings (SSSR count). The van der Waals surface area contributed by atoms with Crippen LogP contribution in [0.25, 0.3) is 0 Å². The van der Waals surface area contributed by atoms with E-state index in [4.69, 9.17) is 4.74 Å². The third kappa shape index (κ3) is 1.51. The van der Waals surface area contributed by atoms with Gasteiger partial charge in [-0.15, -0.1) is 0 Å². The van der Waals surface area contributed by atoms with E-state index in [2.05, 4.69) is 13.8 Å². The number of ether oxygens (including phenoxy) is 1. The van der Waals surface area contributed by atoms with Gasteiger partial charge in [-0.3, -0.25) is 4.79 Å². The van der Waals surface area contributed by atoms with E-state index in [9.17, 15) is 4.79 Å². The predicted octanol–water partition coefficient (Wildman–Crippen LogP) is 3.98. The van der Waals surface area contributed by atoms with Crippen LogP contribution in [0.3, 0.4) is 0 Å². The van der Waals surface area contributed by atoms with Crippen molar-refractivity contribution < 1.29 is 9.53 Å². The summed E-state index contributed by atoms with van der Waals surface area (Å²) >= 11 is 0. The molecule has 0 spiro atoms. The summed E-state index contributed by atoms with van der Waals surface area (Å²) in [6.07, 6.45) is 11.1. The molecule has 2 heteroatoms. The Hall–Kier alpha value is -0.370. The first-order valence-electron chi connectivity index (χ1n) is 9.23. The lowest BCUT2D eigenvalue weighted by Crippen LogP contribution is -2.54. The van der Waals surface area contributed by atoms with Gasteiger partial charge in [0.25, 0.3) is 0 Å². The maximum atomic E-state index is 12.4. The number of fused-ring (bicyclic) bond motifs is 7. The Bertz CT molecular complexity index is 500. The lowest BCUT2D eigenvalue weighted by Gasteiger charge is -2.58. The summed E-state index contributed by atoms with van der Waals surface area (Å²) in [5.74, 6) is 3.78. The topological polar surface area (TPSA) is 29.6 Å². The highest BCUT2D eigenvalue weighted by Crippen LogP contribution is 2.67. The van der Waals surface area contributed by atoms with Gasteiger partial charge in [-0.1, -0.05) is 13.8 Å².